The lowest BCUT2D eigenvalue weighted by Crippen LogP contribution is -2.39. The molecule has 5 nitrogen and oxygen atoms in total. The normalized spacial score (nSPS) is 11.8. The van der Waals surface area contributed by atoms with Gasteiger partial charge in [0.2, 0.25) is 5.91 Å². The fourth-order valence-corrected chi connectivity index (χ4v) is 1.40. The highest BCUT2D eigenvalue weighted by atomic mass is 16.4. The summed E-state index contributed by atoms with van der Waals surface area (Å²) >= 11 is 0. The number of benzene rings is 1. The van der Waals surface area contributed by atoms with Gasteiger partial charge in [-0.05, 0) is 30.2 Å². The van der Waals surface area contributed by atoms with Crippen LogP contribution in [0.5, 0.6) is 0 Å². The lowest BCUT2D eigenvalue weighted by molar-refractivity contribution is -0.141. The molecule has 0 fully saturated rings. The first-order valence-electron chi connectivity index (χ1n) is 5.78. The molecule has 1 aromatic carbocycles. The highest BCUT2D eigenvalue weighted by Crippen LogP contribution is 2.05. The van der Waals surface area contributed by atoms with E-state index < -0.39 is 17.9 Å². The molecular weight excluding hydrogens is 244 g/mol. The molecule has 0 aromatic heterocycles. The van der Waals surface area contributed by atoms with Crippen LogP contribution in [0.2, 0.25) is 0 Å². The Kier molecular flexibility index (Phi) is 5.30. The number of nitriles is 1. The second-order valence-corrected chi connectivity index (χ2v) is 3.87. The lowest BCUT2D eigenvalue weighted by Gasteiger charge is -2.09. The largest absolute Gasteiger partial charge is 0.480 e. The number of carbonyl (C=O) groups excluding carboxylic acids is 1. The summed E-state index contributed by atoms with van der Waals surface area (Å²) in [5.41, 5.74) is 1.30. The summed E-state index contributed by atoms with van der Waals surface area (Å²) < 4.78 is 0. The summed E-state index contributed by atoms with van der Waals surface area (Å²) in [6.45, 7) is 1.68. The van der Waals surface area contributed by atoms with Crippen molar-refractivity contribution >= 4 is 18.0 Å². The molecule has 1 atom stereocenters. The van der Waals surface area contributed by atoms with Crippen LogP contribution < -0.4 is 5.32 Å². The van der Waals surface area contributed by atoms with Crippen molar-refractivity contribution in [3.05, 3.63) is 41.5 Å². The average molecular weight is 258 g/mol. The van der Waals surface area contributed by atoms with E-state index in [2.05, 4.69) is 5.32 Å². The molecule has 0 saturated carbocycles. The minimum Gasteiger partial charge on any atom is -0.480 e. The SMILES string of the molecule is CCC(NC(=O)/C=C/c1ccc(C#N)cc1)C(=O)O. The summed E-state index contributed by atoms with van der Waals surface area (Å²) in [7, 11) is 0. The molecule has 1 aromatic rings. The average Bonchev–Trinajstić information content (AvgIpc) is 2.42. The molecule has 1 amide bonds. The minimum atomic E-state index is -1.05. The molecule has 1 unspecified atom stereocenters. The van der Waals surface area contributed by atoms with E-state index in [1.54, 1.807) is 37.3 Å². The quantitative estimate of drug-likeness (QED) is 0.784. The van der Waals surface area contributed by atoms with Crippen molar-refractivity contribution in [2.75, 3.05) is 0 Å². The molecule has 0 heterocycles. The number of rotatable bonds is 5. The second-order valence-electron chi connectivity index (χ2n) is 3.87. The standard InChI is InChI=1S/C14H14N2O3/c1-2-12(14(18)19)16-13(17)8-7-10-3-5-11(9-15)6-4-10/h3-8,12H,2H2,1H3,(H,16,17)(H,18,19)/b8-7+. The van der Waals surface area contributed by atoms with Crippen molar-refractivity contribution in [2.24, 2.45) is 0 Å². The fourth-order valence-electron chi connectivity index (χ4n) is 1.40. The summed E-state index contributed by atoms with van der Waals surface area (Å²) in [5, 5.41) is 19.8. The van der Waals surface area contributed by atoms with Gasteiger partial charge >= 0.3 is 5.97 Å². The molecule has 0 spiro atoms. The van der Waals surface area contributed by atoms with E-state index >= 15 is 0 Å². The molecule has 0 aliphatic heterocycles. The van der Waals surface area contributed by atoms with Crippen LogP contribution in [0, 0.1) is 11.3 Å². The van der Waals surface area contributed by atoms with Gasteiger partial charge in [-0.25, -0.2) is 4.79 Å². The van der Waals surface area contributed by atoms with Crippen molar-refractivity contribution in [3.8, 4) is 6.07 Å². The van der Waals surface area contributed by atoms with Crippen LogP contribution in [-0.4, -0.2) is 23.0 Å². The Morgan fingerprint density at radius 2 is 2.05 bits per heavy atom. The van der Waals surface area contributed by atoms with Gasteiger partial charge in [0.1, 0.15) is 6.04 Å². The van der Waals surface area contributed by atoms with E-state index in [4.69, 9.17) is 10.4 Å². The first kappa shape index (κ1) is 14.5. The zero-order valence-corrected chi connectivity index (χ0v) is 10.5. The third-order valence-corrected chi connectivity index (χ3v) is 2.49. The fraction of sp³-hybridized carbons (Fsp3) is 0.214. The number of nitrogens with zero attached hydrogens (tertiary/aromatic N) is 1. The number of amides is 1. The van der Waals surface area contributed by atoms with Crippen LogP contribution >= 0.6 is 0 Å². The monoisotopic (exact) mass is 258 g/mol. The van der Waals surface area contributed by atoms with Gasteiger partial charge < -0.3 is 10.4 Å². The van der Waals surface area contributed by atoms with E-state index in [0.717, 1.165) is 5.56 Å². The van der Waals surface area contributed by atoms with Gasteiger partial charge in [0.05, 0.1) is 11.6 Å². The Morgan fingerprint density at radius 3 is 2.53 bits per heavy atom. The first-order valence-corrected chi connectivity index (χ1v) is 5.78. The number of hydrogen-bond acceptors (Lipinski definition) is 3. The van der Waals surface area contributed by atoms with Crippen LogP contribution in [-0.2, 0) is 9.59 Å². The number of aliphatic carboxylic acids is 1. The summed E-state index contributed by atoms with van der Waals surface area (Å²) in [4.78, 5) is 22.2. The second kappa shape index (κ2) is 6.97. The van der Waals surface area contributed by atoms with Crippen LogP contribution in [0.1, 0.15) is 24.5 Å². The molecule has 5 heteroatoms. The number of hydrogen-bond donors (Lipinski definition) is 2. The van der Waals surface area contributed by atoms with E-state index in [9.17, 15) is 9.59 Å². The van der Waals surface area contributed by atoms with Gasteiger partial charge in [-0.3, -0.25) is 4.79 Å². The highest BCUT2D eigenvalue weighted by molar-refractivity contribution is 5.94. The Bertz CT molecular complexity index is 527. The maximum Gasteiger partial charge on any atom is 0.326 e. The van der Waals surface area contributed by atoms with Gasteiger partial charge in [-0.15, -0.1) is 0 Å². The number of carbonyl (C=O) groups is 2. The molecule has 0 saturated heterocycles. The van der Waals surface area contributed by atoms with Gasteiger partial charge in [0, 0.05) is 6.08 Å². The van der Waals surface area contributed by atoms with Gasteiger partial charge in [-0.2, -0.15) is 5.26 Å². The molecule has 1 rings (SSSR count). The maximum absolute atomic E-state index is 11.5. The van der Waals surface area contributed by atoms with Crippen LogP contribution in [0.25, 0.3) is 6.08 Å². The Labute approximate surface area is 111 Å². The Morgan fingerprint density at radius 1 is 1.42 bits per heavy atom. The van der Waals surface area contributed by atoms with Crippen LogP contribution in [0.4, 0.5) is 0 Å². The van der Waals surface area contributed by atoms with Crippen molar-refractivity contribution in [3.63, 3.8) is 0 Å². The zero-order valence-electron chi connectivity index (χ0n) is 10.5. The van der Waals surface area contributed by atoms with E-state index in [-0.39, 0.29) is 0 Å². The van der Waals surface area contributed by atoms with Crippen molar-refractivity contribution < 1.29 is 14.7 Å². The smallest absolute Gasteiger partial charge is 0.326 e. The Balaban J connectivity index is 2.63. The summed E-state index contributed by atoms with van der Waals surface area (Å²) in [6.07, 6.45) is 3.16. The van der Waals surface area contributed by atoms with E-state index in [1.165, 1.54) is 6.08 Å². The van der Waals surface area contributed by atoms with Crippen molar-refractivity contribution in [2.45, 2.75) is 19.4 Å². The molecule has 0 bridgehead atoms. The lowest BCUT2D eigenvalue weighted by atomic mass is 10.1. The number of carboxylic acids is 1. The van der Waals surface area contributed by atoms with Gasteiger partial charge in [0.15, 0.2) is 0 Å². The van der Waals surface area contributed by atoms with Gasteiger partial charge in [-0.1, -0.05) is 19.1 Å². The van der Waals surface area contributed by atoms with Crippen molar-refractivity contribution in [1.29, 1.82) is 5.26 Å². The highest BCUT2D eigenvalue weighted by Gasteiger charge is 2.15. The molecule has 0 radical (unpaired) electrons. The number of nitrogens with one attached hydrogen (secondary N) is 1. The predicted molar refractivity (Wildman–Crippen MR) is 70.0 cm³/mol. The molecular formula is C14H14N2O3. The predicted octanol–water partition coefficient (Wildman–Crippen LogP) is 1.55. The molecule has 98 valence electrons. The maximum atomic E-state index is 11.5. The van der Waals surface area contributed by atoms with Gasteiger partial charge in [0.25, 0.3) is 0 Å². The minimum absolute atomic E-state index is 0.325. The topological polar surface area (TPSA) is 90.2 Å². The first-order chi connectivity index (χ1) is 9.06. The van der Waals surface area contributed by atoms with Crippen molar-refractivity contribution in [1.82, 2.24) is 5.32 Å². The molecule has 0 aliphatic carbocycles. The molecule has 0 aliphatic rings. The summed E-state index contributed by atoms with van der Waals surface area (Å²) in [5.74, 6) is -1.51. The Hall–Kier alpha value is -2.61. The summed E-state index contributed by atoms with van der Waals surface area (Å²) in [6, 6.07) is 7.82. The molecule has 19 heavy (non-hydrogen) atoms. The van der Waals surface area contributed by atoms with Crippen LogP contribution in [0.3, 0.4) is 0 Å². The van der Waals surface area contributed by atoms with E-state index in [1.807, 2.05) is 6.07 Å². The molecule has 2 N–H and O–H groups in total. The van der Waals surface area contributed by atoms with E-state index in [0.29, 0.717) is 12.0 Å². The number of carboxylic acid groups (broad SMARTS) is 1. The third kappa shape index (κ3) is 4.64. The zero-order chi connectivity index (χ0) is 14.3. The third-order valence-electron chi connectivity index (χ3n) is 2.49. The van der Waals surface area contributed by atoms with Crippen LogP contribution in [0.15, 0.2) is 30.3 Å².